The summed E-state index contributed by atoms with van der Waals surface area (Å²) in [6, 6.07) is 6.02. The van der Waals surface area contributed by atoms with Gasteiger partial charge >= 0.3 is 0 Å². The molecular formula is C17H27N5O. The van der Waals surface area contributed by atoms with E-state index >= 15 is 0 Å². The number of rotatable bonds is 9. The number of guanidine groups is 1. The van der Waals surface area contributed by atoms with Crippen molar-refractivity contribution >= 4 is 11.6 Å². The van der Waals surface area contributed by atoms with Gasteiger partial charge in [-0.05, 0) is 31.9 Å². The van der Waals surface area contributed by atoms with E-state index in [1.54, 1.807) is 7.05 Å². The van der Waals surface area contributed by atoms with E-state index in [0.29, 0.717) is 0 Å². The maximum absolute atomic E-state index is 5.32. The maximum atomic E-state index is 5.32. The number of nitrogens with zero attached hydrogens (tertiary/aromatic N) is 3. The van der Waals surface area contributed by atoms with E-state index in [0.717, 1.165) is 62.9 Å². The lowest BCUT2D eigenvalue weighted by molar-refractivity contribution is 0.143. The third-order valence-electron chi connectivity index (χ3n) is 3.52. The van der Waals surface area contributed by atoms with Gasteiger partial charge in [0.25, 0.3) is 0 Å². The van der Waals surface area contributed by atoms with E-state index in [2.05, 4.69) is 26.8 Å². The Hall–Kier alpha value is -2.08. The van der Waals surface area contributed by atoms with Crippen molar-refractivity contribution in [1.29, 1.82) is 0 Å². The Kier molecular flexibility index (Phi) is 7.39. The summed E-state index contributed by atoms with van der Waals surface area (Å²) in [7, 11) is 1.79. The highest BCUT2D eigenvalue weighted by Crippen LogP contribution is 2.04. The number of nitrogens with one attached hydrogen (secondary N) is 2. The molecule has 0 fully saturated rings. The largest absolute Gasteiger partial charge is 0.382 e. The van der Waals surface area contributed by atoms with Crippen molar-refractivity contribution in [3.8, 4) is 0 Å². The zero-order valence-electron chi connectivity index (χ0n) is 14.1. The Morgan fingerprint density at radius 1 is 1.26 bits per heavy atom. The zero-order chi connectivity index (χ0) is 16.3. The summed E-state index contributed by atoms with van der Waals surface area (Å²) in [6.07, 6.45) is 7.10. The smallest absolute Gasteiger partial charge is 0.190 e. The summed E-state index contributed by atoms with van der Waals surface area (Å²) < 4.78 is 7.37. The normalized spacial score (nSPS) is 11.8. The van der Waals surface area contributed by atoms with Gasteiger partial charge in [-0.2, -0.15) is 0 Å². The predicted octanol–water partition coefficient (Wildman–Crippen LogP) is 1.86. The van der Waals surface area contributed by atoms with Crippen LogP contribution in [0.15, 0.2) is 35.6 Å². The molecule has 0 amide bonds. The van der Waals surface area contributed by atoms with E-state index in [1.165, 1.54) is 0 Å². The van der Waals surface area contributed by atoms with Gasteiger partial charge in [0.15, 0.2) is 5.96 Å². The zero-order valence-corrected chi connectivity index (χ0v) is 14.1. The van der Waals surface area contributed by atoms with Crippen LogP contribution in [0.4, 0.5) is 0 Å². The Morgan fingerprint density at radius 2 is 2.13 bits per heavy atom. The Morgan fingerprint density at radius 3 is 2.91 bits per heavy atom. The van der Waals surface area contributed by atoms with Gasteiger partial charge < -0.3 is 19.8 Å². The second-order valence-corrected chi connectivity index (χ2v) is 5.28. The average Bonchev–Trinajstić information content (AvgIpc) is 2.99. The molecule has 0 radical (unpaired) electrons. The van der Waals surface area contributed by atoms with Gasteiger partial charge in [-0.15, -0.1) is 0 Å². The fourth-order valence-electron chi connectivity index (χ4n) is 2.32. The van der Waals surface area contributed by atoms with E-state index < -0.39 is 0 Å². The number of fused-ring (bicyclic) bond motifs is 1. The molecule has 23 heavy (non-hydrogen) atoms. The molecule has 0 aliphatic carbocycles. The first-order valence-corrected chi connectivity index (χ1v) is 8.28. The quantitative estimate of drug-likeness (QED) is 0.421. The SMILES string of the molecule is CCOCCCCNC(=NC)NCCc1cn2ccccc2n1. The molecule has 0 atom stereocenters. The van der Waals surface area contributed by atoms with Crippen molar-refractivity contribution in [1.82, 2.24) is 20.0 Å². The average molecular weight is 317 g/mol. The van der Waals surface area contributed by atoms with Gasteiger partial charge in [0.1, 0.15) is 5.65 Å². The highest BCUT2D eigenvalue weighted by atomic mass is 16.5. The van der Waals surface area contributed by atoms with Crippen LogP contribution < -0.4 is 10.6 Å². The number of imidazole rings is 1. The first-order valence-electron chi connectivity index (χ1n) is 8.28. The van der Waals surface area contributed by atoms with Crippen molar-refractivity contribution < 1.29 is 4.74 Å². The fourth-order valence-corrected chi connectivity index (χ4v) is 2.32. The molecule has 2 heterocycles. The molecule has 0 bridgehead atoms. The van der Waals surface area contributed by atoms with Crippen LogP contribution in [0.25, 0.3) is 5.65 Å². The monoisotopic (exact) mass is 317 g/mol. The Bertz CT molecular complexity index is 575. The topological polar surface area (TPSA) is 63.0 Å². The van der Waals surface area contributed by atoms with Crippen LogP contribution in [-0.4, -0.2) is 48.7 Å². The lowest BCUT2D eigenvalue weighted by Gasteiger charge is -2.11. The van der Waals surface area contributed by atoms with Crippen LogP contribution in [0.3, 0.4) is 0 Å². The third-order valence-corrected chi connectivity index (χ3v) is 3.52. The van der Waals surface area contributed by atoms with E-state index in [4.69, 9.17) is 4.74 Å². The lowest BCUT2D eigenvalue weighted by atomic mass is 10.3. The summed E-state index contributed by atoms with van der Waals surface area (Å²) in [4.78, 5) is 8.82. The van der Waals surface area contributed by atoms with Gasteiger partial charge in [0.05, 0.1) is 5.69 Å². The van der Waals surface area contributed by atoms with Crippen molar-refractivity contribution in [3.05, 3.63) is 36.3 Å². The number of aliphatic imine (C=N–C) groups is 1. The molecule has 0 saturated carbocycles. The first kappa shape index (κ1) is 17.3. The molecule has 6 heteroatoms. The third kappa shape index (κ3) is 5.90. The molecule has 126 valence electrons. The molecule has 0 unspecified atom stereocenters. The summed E-state index contributed by atoms with van der Waals surface area (Å²) in [6.45, 7) is 5.36. The number of pyridine rings is 1. The van der Waals surface area contributed by atoms with Crippen LogP contribution in [-0.2, 0) is 11.2 Å². The highest BCUT2D eigenvalue weighted by molar-refractivity contribution is 5.79. The first-order chi connectivity index (χ1) is 11.3. The minimum Gasteiger partial charge on any atom is -0.382 e. The molecule has 0 aliphatic rings. The Balaban J connectivity index is 1.65. The molecule has 2 aromatic heterocycles. The van der Waals surface area contributed by atoms with Crippen molar-refractivity contribution in [2.24, 2.45) is 4.99 Å². The van der Waals surface area contributed by atoms with Gasteiger partial charge in [-0.25, -0.2) is 4.98 Å². The number of aromatic nitrogens is 2. The fraction of sp³-hybridized carbons (Fsp3) is 0.529. The van der Waals surface area contributed by atoms with Crippen molar-refractivity contribution in [2.75, 3.05) is 33.4 Å². The van der Waals surface area contributed by atoms with Crippen molar-refractivity contribution in [2.45, 2.75) is 26.2 Å². The lowest BCUT2D eigenvalue weighted by Crippen LogP contribution is -2.38. The summed E-state index contributed by atoms with van der Waals surface area (Å²) >= 11 is 0. The second-order valence-electron chi connectivity index (χ2n) is 5.28. The van der Waals surface area contributed by atoms with Gasteiger partial charge in [0.2, 0.25) is 0 Å². The van der Waals surface area contributed by atoms with Gasteiger partial charge in [-0.1, -0.05) is 6.07 Å². The molecule has 2 N–H and O–H groups in total. The molecule has 0 aromatic carbocycles. The highest BCUT2D eigenvalue weighted by Gasteiger charge is 2.02. The summed E-state index contributed by atoms with van der Waals surface area (Å²) in [5.74, 6) is 0.838. The van der Waals surface area contributed by atoms with E-state index in [9.17, 15) is 0 Å². The van der Waals surface area contributed by atoms with Crippen LogP contribution in [0.1, 0.15) is 25.5 Å². The standard InChI is InChI=1S/C17H27N5O/c1-3-23-13-7-5-10-19-17(18-2)20-11-9-15-14-22-12-6-4-8-16(22)21-15/h4,6,8,12,14H,3,5,7,9-11,13H2,1-2H3,(H2,18,19,20). The molecule has 2 aromatic rings. The molecule has 0 saturated heterocycles. The predicted molar refractivity (Wildman–Crippen MR) is 94.0 cm³/mol. The second kappa shape index (κ2) is 9.84. The molecular weight excluding hydrogens is 290 g/mol. The van der Waals surface area contributed by atoms with Crippen LogP contribution in [0, 0.1) is 0 Å². The molecule has 0 aliphatic heterocycles. The molecule has 0 spiro atoms. The van der Waals surface area contributed by atoms with Crippen molar-refractivity contribution in [3.63, 3.8) is 0 Å². The van der Waals surface area contributed by atoms with Crippen LogP contribution >= 0.6 is 0 Å². The van der Waals surface area contributed by atoms with Gasteiger partial charge in [-0.3, -0.25) is 4.99 Å². The minimum absolute atomic E-state index is 0.791. The van der Waals surface area contributed by atoms with Crippen LogP contribution in [0.2, 0.25) is 0 Å². The van der Waals surface area contributed by atoms with Gasteiger partial charge in [0, 0.05) is 52.2 Å². The van der Waals surface area contributed by atoms with Crippen LogP contribution in [0.5, 0.6) is 0 Å². The summed E-state index contributed by atoms with van der Waals surface area (Å²) in [5.41, 5.74) is 2.06. The number of unbranched alkanes of at least 4 members (excludes halogenated alkanes) is 1. The molecule has 6 nitrogen and oxygen atoms in total. The van der Waals surface area contributed by atoms with E-state index in [-0.39, 0.29) is 0 Å². The molecule has 2 rings (SSSR count). The number of hydrogen-bond donors (Lipinski definition) is 2. The minimum atomic E-state index is 0.791. The number of hydrogen-bond acceptors (Lipinski definition) is 3. The van der Waals surface area contributed by atoms with E-state index in [1.807, 2.05) is 35.7 Å². The summed E-state index contributed by atoms with van der Waals surface area (Å²) in [5, 5.41) is 6.64. The maximum Gasteiger partial charge on any atom is 0.190 e. The Labute approximate surface area is 138 Å². The number of ether oxygens (including phenoxy) is 1.